The van der Waals surface area contributed by atoms with Crippen LogP contribution in [0.3, 0.4) is 0 Å². The standard InChI is InChI=1S/C15H17ClN2O/c1-3-17-10-12-8-11(2)18-15(9-12)19-14-7-5-4-6-13(14)16/h4-9,17H,3,10H2,1-2H3. The minimum Gasteiger partial charge on any atom is -0.437 e. The van der Waals surface area contributed by atoms with Gasteiger partial charge in [0.25, 0.3) is 0 Å². The van der Waals surface area contributed by atoms with E-state index in [0.717, 1.165) is 24.3 Å². The third-order valence-corrected chi connectivity index (χ3v) is 2.93. The van der Waals surface area contributed by atoms with Crippen molar-refractivity contribution in [3.05, 3.63) is 52.7 Å². The maximum absolute atomic E-state index is 6.07. The van der Waals surface area contributed by atoms with E-state index in [9.17, 15) is 0 Å². The highest BCUT2D eigenvalue weighted by Crippen LogP contribution is 2.28. The molecular weight excluding hydrogens is 260 g/mol. The van der Waals surface area contributed by atoms with Crippen LogP contribution in [0.4, 0.5) is 0 Å². The summed E-state index contributed by atoms with van der Waals surface area (Å²) in [5.41, 5.74) is 2.08. The van der Waals surface area contributed by atoms with Gasteiger partial charge in [0, 0.05) is 18.3 Å². The maximum Gasteiger partial charge on any atom is 0.219 e. The molecule has 1 aromatic carbocycles. The molecule has 0 unspecified atom stereocenters. The first-order chi connectivity index (χ1) is 9.19. The van der Waals surface area contributed by atoms with E-state index in [2.05, 4.69) is 17.2 Å². The van der Waals surface area contributed by atoms with Gasteiger partial charge in [-0.1, -0.05) is 30.7 Å². The van der Waals surface area contributed by atoms with E-state index in [0.29, 0.717) is 16.7 Å². The van der Waals surface area contributed by atoms with E-state index < -0.39 is 0 Å². The first-order valence-corrected chi connectivity index (χ1v) is 6.67. The fourth-order valence-electron chi connectivity index (χ4n) is 1.77. The van der Waals surface area contributed by atoms with Gasteiger partial charge in [-0.25, -0.2) is 4.98 Å². The van der Waals surface area contributed by atoms with Crippen molar-refractivity contribution in [1.82, 2.24) is 10.3 Å². The van der Waals surface area contributed by atoms with Gasteiger partial charge in [-0.05, 0) is 37.2 Å². The van der Waals surface area contributed by atoms with E-state index in [4.69, 9.17) is 16.3 Å². The Morgan fingerprint density at radius 2 is 2.05 bits per heavy atom. The average Bonchev–Trinajstić information content (AvgIpc) is 2.38. The van der Waals surface area contributed by atoms with Gasteiger partial charge in [0.2, 0.25) is 5.88 Å². The van der Waals surface area contributed by atoms with Crippen molar-refractivity contribution < 1.29 is 4.74 Å². The van der Waals surface area contributed by atoms with Gasteiger partial charge in [0.1, 0.15) is 5.75 Å². The highest BCUT2D eigenvalue weighted by molar-refractivity contribution is 6.32. The molecule has 0 saturated carbocycles. The Hall–Kier alpha value is -1.58. The molecule has 0 spiro atoms. The topological polar surface area (TPSA) is 34.2 Å². The van der Waals surface area contributed by atoms with Crippen LogP contribution in [0.1, 0.15) is 18.2 Å². The summed E-state index contributed by atoms with van der Waals surface area (Å²) in [6.45, 7) is 5.77. The lowest BCUT2D eigenvalue weighted by atomic mass is 10.2. The molecule has 1 aromatic heterocycles. The minimum absolute atomic E-state index is 0.570. The molecule has 0 atom stereocenters. The average molecular weight is 277 g/mol. The molecule has 100 valence electrons. The third-order valence-electron chi connectivity index (χ3n) is 2.62. The maximum atomic E-state index is 6.07. The van der Waals surface area contributed by atoms with Crippen LogP contribution in [0.25, 0.3) is 0 Å². The van der Waals surface area contributed by atoms with Crippen molar-refractivity contribution in [2.45, 2.75) is 20.4 Å². The highest BCUT2D eigenvalue weighted by Gasteiger charge is 2.05. The Bertz CT molecular complexity index is 558. The van der Waals surface area contributed by atoms with Gasteiger partial charge in [0.15, 0.2) is 0 Å². The summed E-state index contributed by atoms with van der Waals surface area (Å²) in [5.74, 6) is 1.19. The number of ether oxygens (including phenoxy) is 1. The lowest BCUT2D eigenvalue weighted by Crippen LogP contribution is -2.12. The molecule has 3 nitrogen and oxygen atoms in total. The molecule has 1 N–H and O–H groups in total. The highest BCUT2D eigenvalue weighted by atomic mass is 35.5. The zero-order chi connectivity index (χ0) is 13.7. The molecule has 0 bridgehead atoms. The van der Waals surface area contributed by atoms with Crippen molar-refractivity contribution in [3.63, 3.8) is 0 Å². The first-order valence-electron chi connectivity index (χ1n) is 6.29. The summed E-state index contributed by atoms with van der Waals surface area (Å²) in [6.07, 6.45) is 0. The van der Waals surface area contributed by atoms with Gasteiger partial charge >= 0.3 is 0 Å². The normalized spacial score (nSPS) is 10.5. The number of para-hydroxylation sites is 1. The molecule has 0 fully saturated rings. The Labute approximate surface area is 118 Å². The number of hydrogen-bond acceptors (Lipinski definition) is 3. The summed E-state index contributed by atoms with van der Waals surface area (Å²) < 4.78 is 5.74. The minimum atomic E-state index is 0.570. The largest absolute Gasteiger partial charge is 0.437 e. The number of benzene rings is 1. The van der Waals surface area contributed by atoms with Crippen LogP contribution in [0.5, 0.6) is 11.6 Å². The van der Waals surface area contributed by atoms with Crippen LogP contribution in [0, 0.1) is 6.92 Å². The second-order valence-corrected chi connectivity index (χ2v) is 4.68. The lowest BCUT2D eigenvalue weighted by Gasteiger charge is -2.09. The summed E-state index contributed by atoms with van der Waals surface area (Å²) >= 11 is 6.07. The molecule has 4 heteroatoms. The lowest BCUT2D eigenvalue weighted by molar-refractivity contribution is 0.460. The van der Waals surface area contributed by atoms with Crippen LogP contribution >= 0.6 is 11.6 Å². The summed E-state index contributed by atoms with van der Waals surface area (Å²) in [5, 5.41) is 3.87. The van der Waals surface area contributed by atoms with Crippen molar-refractivity contribution in [2.75, 3.05) is 6.54 Å². The predicted molar refractivity (Wildman–Crippen MR) is 77.9 cm³/mol. The number of rotatable bonds is 5. The SMILES string of the molecule is CCNCc1cc(C)nc(Oc2ccccc2Cl)c1. The summed E-state index contributed by atoms with van der Waals surface area (Å²) in [6, 6.07) is 11.4. The quantitative estimate of drug-likeness (QED) is 0.898. The fourth-order valence-corrected chi connectivity index (χ4v) is 1.95. The Morgan fingerprint density at radius 1 is 1.26 bits per heavy atom. The van der Waals surface area contributed by atoms with E-state index in [-0.39, 0.29) is 0 Å². The van der Waals surface area contributed by atoms with Crippen molar-refractivity contribution in [3.8, 4) is 11.6 Å². The molecule has 0 aliphatic rings. The van der Waals surface area contributed by atoms with Crippen LogP contribution in [0.15, 0.2) is 36.4 Å². The smallest absolute Gasteiger partial charge is 0.219 e. The zero-order valence-corrected chi connectivity index (χ0v) is 11.9. The molecule has 19 heavy (non-hydrogen) atoms. The zero-order valence-electron chi connectivity index (χ0n) is 11.1. The van der Waals surface area contributed by atoms with Gasteiger partial charge in [-0.2, -0.15) is 0 Å². The Kier molecular flexibility index (Phi) is 4.77. The third kappa shape index (κ3) is 3.94. The summed E-state index contributed by atoms with van der Waals surface area (Å²) in [4.78, 5) is 4.37. The van der Waals surface area contributed by atoms with E-state index in [1.54, 1.807) is 6.07 Å². The van der Waals surface area contributed by atoms with E-state index >= 15 is 0 Å². The van der Waals surface area contributed by atoms with Gasteiger partial charge < -0.3 is 10.1 Å². The number of nitrogens with one attached hydrogen (secondary N) is 1. The van der Waals surface area contributed by atoms with Crippen molar-refractivity contribution in [1.29, 1.82) is 0 Å². The molecule has 0 aliphatic heterocycles. The first kappa shape index (κ1) is 13.8. The molecule has 0 radical (unpaired) electrons. The fraction of sp³-hybridized carbons (Fsp3) is 0.267. The molecule has 0 amide bonds. The number of aryl methyl sites for hydroxylation is 1. The summed E-state index contributed by atoms with van der Waals surface area (Å²) in [7, 11) is 0. The van der Waals surface area contributed by atoms with E-state index in [1.165, 1.54) is 0 Å². The second-order valence-electron chi connectivity index (χ2n) is 4.27. The number of hydrogen-bond donors (Lipinski definition) is 1. The monoisotopic (exact) mass is 276 g/mol. The molecule has 2 aromatic rings. The number of pyridine rings is 1. The second kappa shape index (κ2) is 6.55. The molecular formula is C15H17ClN2O. The van der Waals surface area contributed by atoms with Crippen LogP contribution in [-0.2, 0) is 6.54 Å². The van der Waals surface area contributed by atoms with Gasteiger partial charge in [0.05, 0.1) is 5.02 Å². The molecule has 0 saturated heterocycles. The van der Waals surface area contributed by atoms with Gasteiger partial charge in [-0.3, -0.25) is 0 Å². The Balaban J connectivity index is 2.20. The van der Waals surface area contributed by atoms with E-state index in [1.807, 2.05) is 37.3 Å². The predicted octanol–water partition coefficient (Wildman–Crippen LogP) is 3.95. The number of aromatic nitrogens is 1. The number of nitrogens with zero attached hydrogens (tertiary/aromatic N) is 1. The van der Waals surface area contributed by atoms with Crippen LogP contribution < -0.4 is 10.1 Å². The van der Waals surface area contributed by atoms with Crippen molar-refractivity contribution in [2.24, 2.45) is 0 Å². The molecule has 0 aliphatic carbocycles. The van der Waals surface area contributed by atoms with Crippen LogP contribution in [0.2, 0.25) is 5.02 Å². The van der Waals surface area contributed by atoms with Crippen LogP contribution in [-0.4, -0.2) is 11.5 Å². The molecule has 1 heterocycles. The molecule has 2 rings (SSSR count). The Morgan fingerprint density at radius 3 is 2.79 bits per heavy atom. The number of halogens is 1. The van der Waals surface area contributed by atoms with Gasteiger partial charge in [-0.15, -0.1) is 0 Å². The van der Waals surface area contributed by atoms with Crippen molar-refractivity contribution >= 4 is 11.6 Å².